The molecule has 0 aromatic heterocycles. The van der Waals surface area contributed by atoms with E-state index in [2.05, 4.69) is 16.0 Å². The van der Waals surface area contributed by atoms with Gasteiger partial charge in [-0.25, -0.2) is 0 Å². The highest BCUT2D eigenvalue weighted by Gasteiger charge is 2.20. The number of halogens is 1. The predicted octanol–water partition coefficient (Wildman–Crippen LogP) is 2.99. The zero-order valence-corrected chi connectivity index (χ0v) is 17.5. The lowest BCUT2D eigenvalue weighted by molar-refractivity contribution is -0.126. The van der Waals surface area contributed by atoms with Crippen LogP contribution in [0.25, 0.3) is 0 Å². The van der Waals surface area contributed by atoms with Gasteiger partial charge in [-0.3, -0.25) is 9.59 Å². The van der Waals surface area contributed by atoms with Crippen LogP contribution in [0.5, 0.6) is 0 Å². The van der Waals surface area contributed by atoms with Gasteiger partial charge in [-0.2, -0.15) is 0 Å². The summed E-state index contributed by atoms with van der Waals surface area (Å²) >= 11 is 5.87. The molecule has 0 saturated carbocycles. The van der Waals surface area contributed by atoms with Crippen molar-refractivity contribution in [3.63, 3.8) is 0 Å². The van der Waals surface area contributed by atoms with Crippen molar-refractivity contribution in [1.29, 1.82) is 0 Å². The van der Waals surface area contributed by atoms with Crippen LogP contribution in [0.3, 0.4) is 0 Å². The molecule has 0 bridgehead atoms. The second-order valence-electron chi connectivity index (χ2n) is 6.99. The number of unbranched alkanes of at least 4 members (excludes halogenated alkanes) is 1. The number of carbonyl (C=O) groups excluding carboxylic acids is 2. The molecule has 0 aliphatic heterocycles. The third-order valence-electron chi connectivity index (χ3n) is 4.45. The molecule has 0 unspecified atom stereocenters. The summed E-state index contributed by atoms with van der Waals surface area (Å²) in [7, 11) is 0. The molecular weight excluding hydrogens is 388 g/mol. The summed E-state index contributed by atoms with van der Waals surface area (Å²) in [5.41, 5.74) is 8.40. The molecule has 0 aliphatic rings. The molecule has 0 spiro atoms. The lowest BCUT2D eigenvalue weighted by Crippen LogP contribution is -2.46. The fourth-order valence-electron chi connectivity index (χ4n) is 2.80. The van der Waals surface area contributed by atoms with Gasteiger partial charge >= 0.3 is 0 Å². The van der Waals surface area contributed by atoms with E-state index in [1.807, 2.05) is 55.5 Å². The number of anilines is 1. The summed E-state index contributed by atoms with van der Waals surface area (Å²) < 4.78 is 0. The molecule has 2 rings (SSSR count). The molecule has 29 heavy (non-hydrogen) atoms. The van der Waals surface area contributed by atoms with Gasteiger partial charge in [0.05, 0.1) is 6.54 Å². The Bertz CT molecular complexity index is 778. The molecule has 0 aliphatic carbocycles. The Morgan fingerprint density at radius 1 is 1.03 bits per heavy atom. The standard InChI is InChI=1S/C22H29ClN4O2/c1-16-5-11-19(12-6-16)26-22(29)20(4-2-3-13-24)27-21(28)15-25-14-17-7-9-18(23)10-8-17/h5-12,20,25H,2-4,13-15,24H2,1H3,(H,26,29)(H,27,28)/t20-/m0/s1. The molecule has 5 N–H and O–H groups in total. The predicted molar refractivity (Wildman–Crippen MR) is 118 cm³/mol. The average molecular weight is 417 g/mol. The van der Waals surface area contributed by atoms with Crippen molar-refractivity contribution in [2.75, 3.05) is 18.4 Å². The molecule has 2 aromatic rings. The Labute approximate surface area is 177 Å². The van der Waals surface area contributed by atoms with Gasteiger partial charge in [0.15, 0.2) is 0 Å². The van der Waals surface area contributed by atoms with Crippen LogP contribution >= 0.6 is 11.6 Å². The molecule has 0 heterocycles. The Morgan fingerprint density at radius 2 is 1.72 bits per heavy atom. The van der Waals surface area contributed by atoms with E-state index in [4.69, 9.17) is 17.3 Å². The smallest absolute Gasteiger partial charge is 0.246 e. The summed E-state index contributed by atoms with van der Waals surface area (Å²) in [4.78, 5) is 25.0. The quantitative estimate of drug-likeness (QED) is 0.423. The highest BCUT2D eigenvalue weighted by molar-refractivity contribution is 6.30. The SMILES string of the molecule is Cc1ccc(NC(=O)[C@H](CCCCN)NC(=O)CNCc2ccc(Cl)cc2)cc1. The summed E-state index contributed by atoms with van der Waals surface area (Å²) in [6.45, 7) is 3.20. The lowest BCUT2D eigenvalue weighted by atomic mass is 10.1. The molecule has 7 heteroatoms. The van der Waals surface area contributed by atoms with Gasteiger partial charge in [0.25, 0.3) is 0 Å². The maximum absolute atomic E-state index is 12.7. The van der Waals surface area contributed by atoms with Crippen LogP contribution in [-0.2, 0) is 16.1 Å². The van der Waals surface area contributed by atoms with E-state index in [1.54, 1.807) is 0 Å². The first-order valence-corrected chi connectivity index (χ1v) is 10.2. The fraction of sp³-hybridized carbons (Fsp3) is 0.364. The number of nitrogens with one attached hydrogen (secondary N) is 3. The van der Waals surface area contributed by atoms with Gasteiger partial charge in [-0.05, 0) is 62.6 Å². The first-order valence-electron chi connectivity index (χ1n) is 9.80. The van der Waals surface area contributed by atoms with Crippen LogP contribution in [0.4, 0.5) is 5.69 Å². The minimum absolute atomic E-state index is 0.119. The highest BCUT2D eigenvalue weighted by Crippen LogP contribution is 2.11. The van der Waals surface area contributed by atoms with Gasteiger partial charge in [0.2, 0.25) is 11.8 Å². The Balaban J connectivity index is 1.86. The second-order valence-corrected chi connectivity index (χ2v) is 7.43. The zero-order valence-electron chi connectivity index (χ0n) is 16.7. The topological polar surface area (TPSA) is 96.2 Å². The minimum Gasteiger partial charge on any atom is -0.343 e. The second kappa shape index (κ2) is 12.2. The van der Waals surface area contributed by atoms with Crippen molar-refractivity contribution in [3.05, 3.63) is 64.7 Å². The largest absolute Gasteiger partial charge is 0.343 e. The maximum atomic E-state index is 12.7. The summed E-state index contributed by atoms with van der Waals surface area (Å²) in [6.07, 6.45) is 2.11. The van der Waals surface area contributed by atoms with Crippen molar-refractivity contribution in [1.82, 2.24) is 10.6 Å². The van der Waals surface area contributed by atoms with Gasteiger partial charge < -0.3 is 21.7 Å². The third-order valence-corrected chi connectivity index (χ3v) is 4.70. The third kappa shape index (κ3) is 8.64. The first kappa shape index (κ1) is 22.9. The van der Waals surface area contributed by atoms with E-state index in [-0.39, 0.29) is 18.4 Å². The van der Waals surface area contributed by atoms with Gasteiger partial charge in [0, 0.05) is 17.3 Å². The van der Waals surface area contributed by atoms with Crippen molar-refractivity contribution in [3.8, 4) is 0 Å². The van der Waals surface area contributed by atoms with Crippen LogP contribution in [0.2, 0.25) is 5.02 Å². The molecule has 0 radical (unpaired) electrons. The molecule has 1 atom stereocenters. The molecule has 6 nitrogen and oxygen atoms in total. The highest BCUT2D eigenvalue weighted by atomic mass is 35.5. The molecular formula is C22H29ClN4O2. The summed E-state index contributed by atoms with van der Waals surface area (Å²) in [5.74, 6) is -0.451. The van der Waals surface area contributed by atoms with E-state index >= 15 is 0 Å². The number of hydrogen-bond donors (Lipinski definition) is 4. The van der Waals surface area contributed by atoms with E-state index in [1.165, 1.54) is 0 Å². The van der Waals surface area contributed by atoms with Crippen LogP contribution in [0, 0.1) is 6.92 Å². The lowest BCUT2D eigenvalue weighted by Gasteiger charge is -2.19. The van der Waals surface area contributed by atoms with E-state index in [0.29, 0.717) is 30.2 Å². The summed E-state index contributed by atoms with van der Waals surface area (Å²) in [6, 6.07) is 14.4. The number of hydrogen-bond acceptors (Lipinski definition) is 4. The van der Waals surface area contributed by atoms with E-state index < -0.39 is 6.04 Å². The fourth-order valence-corrected chi connectivity index (χ4v) is 2.92. The number of aryl methyl sites for hydroxylation is 1. The number of benzene rings is 2. The monoisotopic (exact) mass is 416 g/mol. The summed E-state index contributed by atoms with van der Waals surface area (Å²) in [5, 5.41) is 9.45. The van der Waals surface area contributed by atoms with Crippen LogP contribution in [0.15, 0.2) is 48.5 Å². The number of rotatable bonds is 11. The van der Waals surface area contributed by atoms with E-state index in [9.17, 15) is 9.59 Å². The molecule has 2 aromatic carbocycles. The number of carbonyl (C=O) groups is 2. The molecule has 2 amide bonds. The van der Waals surface area contributed by atoms with Crippen molar-refractivity contribution in [2.45, 2.75) is 38.8 Å². The van der Waals surface area contributed by atoms with Crippen molar-refractivity contribution >= 4 is 29.1 Å². The first-order chi connectivity index (χ1) is 14.0. The Kier molecular flexibility index (Phi) is 9.64. The number of amides is 2. The van der Waals surface area contributed by atoms with Crippen LogP contribution < -0.4 is 21.7 Å². The minimum atomic E-state index is -0.604. The Morgan fingerprint density at radius 3 is 2.38 bits per heavy atom. The van der Waals surface area contributed by atoms with Gasteiger partial charge in [-0.15, -0.1) is 0 Å². The average Bonchev–Trinajstić information content (AvgIpc) is 2.70. The van der Waals surface area contributed by atoms with E-state index in [0.717, 1.165) is 24.0 Å². The van der Waals surface area contributed by atoms with Crippen molar-refractivity contribution in [2.24, 2.45) is 5.73 Å². The van der Waals surface area contributed by atoms with Gasteiger partial charge in [0.1, 0.15) is 6.04 Å². The normalized spacial score (nSPS) is 11.7. The number of nitrogens with two attached hydrogens (primary N) is 1. The van der Waals surface area contributed by atoms with Crippen molar-refractivity contribution < 1.29 is 9.59 Å². The Hall–Kier alpha value is -2.41. The molecule has 0 fully saturated rings. The zero-order chi connectivity index (χ0) is 21.1. The maximum Gasteiger partial charge on any atom is 0.246 e. The van der Waals surface area contributed by atoms with Gasteiger partial charge in [-0.1, -0.05) is 41.4 Å². The van der Waals surface area contributed by atoms with Crippen LogP contribution in [-0.4, -0.2) is 30.9 Å². The van der Waals surface area contributed by atoms with Crippen LogP contribution in [0.1, 0.15) is 30.4 Å². The molecule has 156 valence electrons. The molecule has 0 saturated heterocycles.